The Bertz CT molecular complexity index is 781. The summed E-state index contributed by atoms with van der Waals surface area (Å²) in [4.78, 5) is 0. The van der Waals surface area contributed by atoms with Gasteiger partial charge in [-0.05, 0) is 23.7 Å². The van der Waals surface area contributed by atoms with E-state index in [1.54, 1.807) is 7.11 Å². The van der Waals surface area contributed by atoms with E-state index in [1.165, 1.54) is 11.1 Å². The highest BCUT2D eigenvalue weighted by Crippen LogP contribution is 2.39. The molecule has 0 saturated heterocycles. The molecular formula is C21H21NO. The zero-order valence-corrected chi connectivity index (χ0v) is 13.5. The van der Waals surface area contributed by atoms with Crippen LogP contribution in [-0.2, 0) is 6.54 Å². The third-order valence-electron chi connectivity index (χ3n) is 3.98. The molecule has 0 spiro atoms. The molecule has 116 valence electrons. The SMILES string of the molecule is CNCc1ccccc1-c1cccc(-c2ccccc2)c1OC. The molecule has 3 aromatic rings. The summed E-state index contributed by atoms with van der Waals surface area (Å²) >= 11 is 0. The normalized spacial score (nSPS) is 10.5. The van der Waals surface area contributed by atoms with Gasteiger partial charge in [0.1, 0.15) is 5.75 Å². The molecule has 0 fully saturated rings. The van der Waals surface area contributed by atoms with Crippen LogP contribution in [0, 0.1) is 0 Å². The molecule has 0 aliphatic heterocycles. The molecule has 0 aliphatic carbocycles. The smallest absolute Gasteiger partial charge is 0.134 e. The average Bonchev–Trinajstić information content (AvgIpc) is 2.62. The van der Waals surface area contributed by atoms with Crippen molar-refractivity contribution in [1.29, 1.82) is 0 Å². The van der Waals surface area contributed by atoms with Gasteiger partial charge in [0, 0.05) is 17.7 Å². The highest BCUT2D eigenvalue weighted by Gasteiger charge is 2.14. The van der Waals surface area contributed by atoms with Crippen LogP contribution in [0.5, 0.6) is 5.75 Å². The first-order chi connectivity index (χ1) is 11.3. The van der Waals surface area contributed by atoms with E-state index in [-0.39, 0.29) is 0 Å². The number of hydrogen-bond acceptors (Lipinski definition) is 2. The van der Waals surface area contributed by atoms with Gasteiger partial charge in [-0.1, -0.05) is 72.8 Å². The van der Waals surface area contributed by atoms with Crippen molar-refractivity contribution in [3.05, 3.63) is 78.4 Å². The Labute approximate surface area is 137 Å². The molecule has 0 amide bonds. The molecule has 0 heterocycles. The third-order valence-corrected chi connectivity index (χ3v) is 3.98. The highest BCUT2D eigenvalue weighted by atomic mass is 16.5. The second-order valence-electron chi connectivity index (χ2n) is 5.44. The van der Waals surface area contributed by atoms with Crippen LogP contribution in [0.15, 0.2) is 72.8 Å². The van der Waals surface area contributed by atoms with E-state index in [0.29, 0.717) is 0 Å². The van der Waals surface area contributed by atoms with E-state index in [2.05, 4.69) is 72.0 Å². The van der Waals surface area contributed by atoms with Gasteiger partial charge in [-0.15, -0.1) is 0 Å². The number of nitrogens with one attached hydrogen (secondary N) is 1. The second kappa shape index (κ2) is 7.12. The maximum absolute atomic E-state index is 5.80. The Morgan fingerprint density at radius 3 is 2.13 bits per heavy atom. The van der Waals surface area contributed by atoms with Crippen molar-refractivity contribution in [2.24, 2.45) is 0 Å². The van der Waals surface area contributed by atoms with Gasteiger partial charge < -0.3 is 10.1 Å². The second-order valence-corrected chi connectivity index (χ2v) is 5.44. The maximum Gasteiger partial charge on any atom is 0.134 e. The predicted molar refractivity (Wildman–Crippen MR) is 96.6 cm³/mol. The molecule has 2 nitrogen and oxygen atoms in total. The number of ether oxygens (including phenoxy) is 1. The van der Waals surface area contributed by atoms with Crippen LogP contribution >= 0.6 is 0 Å². The summed E-state index contributed by atoms with van der Waals surface area (Å²) in [5.74, 6) is 0.919. The van der Waals surface area contributed by atoms with Gasteiger partial charge in [0.25, 0.3) is 0 Å². The molecule has 0 saturated carbocycles. The minimum Gasteiger partial charge on any atom is -0.495 e. The molecular weight excluding hydrogens is 282 g/mol. The fraction of sp³-hybridized carbons (Fsp3) is 0.143. The minimum atomic E-state index is 0.828. The summed E-state index contributed by atoms with van der Waals surface area (Å²) in [7, 11) is 3.71. The topological polar surface area (TPSA) is 21.3 Å². The quantitative estimate of drug-likeness (QED) is 0.734. The Kier molecular flexibility index (Phi) is 4.74. The zero-order chi connectivity index (χ0) is 16.1. The number of methoxy groups -OCH3 is 1. The maximum atomic E-state index is 5.80. The fourth-order valence-corrected chi connectivity index (χ4v) is 2.94. The van der Waals surface area contributed by atoms with Crippen molar-refractivity contribution in [3.63, 3.8) is 0 Å². The number of hydrogen-bond donors (Lipinski definition) is 1. The van der Waals surface area contributed by atoms with Crippen LogP contribution in [-0.4, -0.2) is 14.2 Å². The summed E-state index contributed by atoms with van der Waals surface area (Å²) in [5, 5.41) is 3.24. The number of benzene rings is 3. The van der Waals surface area contributed by atoms with Crippen molar-refractivity contribution in [2.45, 2.75) is 6.54 Å². The Morgan fingerprint density at radius 2 is 1.39 bits per heavy atom. The van der Waals surface area contributed by atoms with Gasteiger partial charge in [-0.3, -0.25) is 0 Å². The largest absolute Gasteiger partial charge is 0.495 e. The lowest BCUT2D eigenvalue weighted by atomic mass is 9.94. The lowest BCUT2D eigenvalue weighted by molar-refractivity contribution is 0.418. The minimum absolute atomic E-state index is 0.828. The van der Waals surface area contributed by atoms with Crippen LogP contribution < -0.4 is 10.1 Å². The lowest BCUT2D eigenvalue weighted by Gasteiger charge is -2.16. The summed E-state index contributed by atoms with van der Waals surface area (Å²) < 4.78 is 5.80. The molecule has 0 bridgehead atoms. The first-order valence-electron chi connectivity index (χ1n) is 7.80. The van der Waals surface area contributed by atoms with Gasteiger partial charge in [0.2, 0.25) is 0 Å². The zero-order valence-electron chi connectivity index (χ0n) is 13.5. The van der Waals surface area contributed by atoms with Crippen molar-refractivity contribution in [3.8, 4) is 28.0 Å². The van der Waals surface area contributed by atoms with Crippen LogP contribution in [0.4, 0.5) is 0 Å². The Hall–Kier alpha value is -2.58. The molecule has 0 aliphatic rings. The summed E-state index contributed by atoms with van der Waals surface area (Å²) in [6.45, 7) is 0.828. The molecule has 0 atom stereocenters. The van der Waals surface area contributed by atoms with Gasteiger partial charge in [0.15, 0.2) is 0 Å². The van der Waals surface area contributed by atoms with E-state index in [9.17, 15) is 0 Å². The van der Waals surface area contributed by atoms with E-state index < -0.39 is 0 Å². The summed E-state index contributed by atoms with van der Waals surface area (Å²) in [6.07, 6.45) is 0. The summed E-state index contributed by atoms with van der Waals surface area (Å²) in [6, 6.07) is 25.1. The average molecular weight is 303 g/mol. The molecule has 0 radical (unpaired) electrons. The van der Waals surface area contributed by atoms with Crippen LogP contribution in [0.1, 0.15) is 5.56 Å². The van der Waals surface area contributed by atoms with Crippen LogP contribution in [0.2, 0.25) is 0 Å². The van der Waals surface area contributed by atoms with Crippen molar-refractivity contribution in [2.75, 3.05) is 14.2 Å². The van der Waals surface area contributed by atoms with E-state index in [1.807, 2.05) is 13.1 Å². The molecule has 3 aromatic carbocycles. The number of para-hydroxylation sites is 1. The van der Waals surface area contributed by atoms with Gasteiger partial charge in [-0.25, -0.2) is 0 Å². The highest BCUT2D eigenvalue weighted by molar-refractivity contribution is 5.83. The van der Waals surface area contributed by atoms with Crippen molar-refractivity contribution < 1.29 is 4.74 Å². The molecule has 3 rings (SSSR count). The fourth-order valence-electron chi connectivity index (χ4n) is 2.94. The van der Waals surface area contributed by atoms with Gasteiger partial charge in [-0.2, -0.15) is 0 Å². The Balaban J connectivity index is 2.18. The Morgan fingerprint density at radius 1 is 0.739 bits per heavy atom. The van der Waals surface area contributed by atoms with Gasteiger partial charge in [0.05, 0.1) is 7.11 Å². The molecule has 0 unspecified atom stereocenters. The van der Waals surface area contributed by atoms with E-state index in [4.69, 9.17) is 4.74 Å². The first kappa shape index (κ1) is 15.3. The number of rotatable bonds is 5. The van der Waals surface area contributed by atoms with E-state index in [0.717, 1.165) is 29.0 Å². The van der Waals surface area contributed by atoms with Gasteiger partial charge >= 0.3 is 0 Å². The summed E-state index contributed by atoms with van der Waals surface area (Å²) in [5.41, 5.74) is 5.87. The van der Waals surface area contributed by atoms with Crippen LogP contribution in [0.25, 0.3) is 22.3 Å². The molecule has 2 heteroatoms. The molecule has 0 aromatic heterocycles. The molecule has 23 heavy (non-hydrogen) atoms. The lowest BCUT2D eigenvalue weighted by Crippen LogP contribution is -2.06. The van der Waals surface area contributed by atoms with E-state index >= 15 is 0 Å². The predicted octanol–water partition coefficient (Wildman–Crippen LogP) is 4.75. The first-order valence-corrected chi connectivity index (χ1v) is 7.80. The molecule has 1 N–H and O–H groups in total. The van der Waals surface area contributed by atoms with Crippen LogP contribution in [0.3, 0.4) is 0 Å². The van der Waals surface area contributed by atoms with Crippen molar-refractivity contribution in [1.82, 2.24) is 5.32 Å². The standard InChI is InChI=1S/C21H21NO/c1-22-15-17-11-6-7-12-18(17)20-14-8-13-19(21(20)23-2)16-9-4-3-5-10-16/h3-14,22H,15H2,1-2H3. The third kappa shape index (κ3) is 3.13. The van der Waals surface area contributed by atoms with Crippen molar-refractivity contribution >= 4 is 0 Å². The monoisotopic (exact) mass is 303 g/mol.